The summed E-state index contributed by atoms with van der Waals surface area (Å²) in [6.07, 6.45) is 5.34. The Morgan fingerprint density at radius 1 is 1.20 bits per heavy atom. The number of carbonyl (C=O) groups excluding carboxylic acids is 3. The first-order valence-electron chi connectivity index (χ1n) is 12.6. The number of amides is 3. The SMILES string of the molecule is C=CCn1cc(/C=N\NC(=O)COc2ccc([C@@H]3NC(=O)NC(C)=C3C(=O)OCC)cc2OC)c2ccccc21. The van der Waals surface area contributed by atoms with Crippen LogP contribution in [0.3, 0.4) is 0 Å². The number of nitrogens with one attached hydrogen (secondary N) is 3. The number of fused-ring (bicyclic) bond motifs is 1. The van der Waals surface area contributed by atoms with E-state index in [1.54, 1.807) is 38.3 Å². The molecule has 0 fully saturated rings. The zero-order valence-corrected chi connectivity index (χ0v) is 22.5. The van der Waals surface area contributed by atoms with Gasteiger partial charge >= 0.3 is 12.0 Å². The van der Waals surface area contributed by atoms with E-state index in [1.165, 1.54) is 7.11 Å². The van der Waals surface area contributed by atoms with Crippen LogP contribution in [0.1, 0.15) is 31.0 Å². The van der Waals surface area contributed by atoms with Crippen LogP contribution in [0, 0.1) is 0 Å². The fourth-order valence-electron chi connectivity index (χ4n) is 4.42. The van der Waals surface area contributed by atoms with Crippen LogP contribution in [0.25, 0.3) is 10.9 Å². The lowest BCUT2D eigenvalue weighted by Gasteiger charge is -2.28. The molecule has 0 aliphatic carbocycles. The number of methoxy groups -OCH3 is 1. The highest BCUT2D eigenvalue weighted by Gasteiger charge is 2.32. The van der Waals surface area contributed by atoms with Gasteiger partial charge in [0.2, 0.25) is 0 Å². The summed E-state index contributed by atoms with van der Waals surface area (Å²) in [4.78, 5) is 37.1. The lowest BCUT2D eigenvalue weighted by Crippen LogP contribution is -2.45. The van der Waals surface area contributed by atoms with Crippen LogP contribution in [0.15, 0.2) is 77.7 Å². The van der Waals surface area contributed by atoms with E-state index < -0.39 is 23.9 Å². The lowest BCUT2D eigenvalue weighted by atomic mass is 9.95. The van der Waals surface area contributed by atoms with Crippen LogP contribution in [0.2, 0.25) is 0 Å². The van der Waals surface area contributed by atoms with E-state index >= 15 is 0 Å². The first-order valence-corrected chi connectivity index (χ1v) is 12.6. The molecular weight excluding hydrogens is 514 g/mol. The molecule has 3 amide bonds. The molecular formula is C29H31N5O6. The fourth-order valence-corrected chi connectivity index (χ4v) is 4.42. The predicted octanol–water partition coefficient (Wildman–Crippen LogP) is 3.56. The summed E-state index contributed by atoms with van der Waals surface area (Å²) in [5, 5.41) is 10.4. The Kier molecular flexibility index (Phi) is 8.85. The predicted molar refractivity (Wildman–Crippen MR) is 150 cm³/mol. The van der Waals surface area contributed by atoms with Crippen molar-refractivity contribution in [2.45, 2.75) is 26.4 Å². The Labute approximate surface area is 231 Å². The second kappa shape index (κ2) is 12.7. The summed E-state index contributed by atoms with van der Waals surface area (Å²) in [6.45, 7) is 7.66. The highest BCUT2D eigenvalue weighted by Crippen LogP contribution is 2.34. The molecule has 1 aromatic heterocycles. The van der Waals surface area contributed by atoms with Crippen LogP contribution < -0.4 is 25.5 Å². The summed E-state index contributed by atoms with van der Waals surface area (Å²) in [5.41, 5.74) is 5.62. The van der Waals surface area contributed by atoms with Crippen LogP contribution in [0.5, 0.6) is 11.5 Å². The van der Waals surface area contributed by atoms with Gasteiger partial charge in [0.15, 0.2) is 18.1 Å². The fraction of sp³-hybridized carbons (Fsp3) is 0.241. The number of carbonyl (C=O) groups is 3. The van der Waals surface area contributed by atoms with Gasteiger partial charge in [-0.2, -0.15) is 5.10 Å². The number of hydrazone groups is 1. The van der Waals surface area contributed by atoms with Gasteiger partial charge in [0, 0.05) is 34.9 Å². The second-order valence-corrected chi connectivity index (χ2v) is 8.83. The molecule has 3 aromatic rings. The van der Waals surface area contributed by atoms with Crippen molar-refractivity contribution in [1.29, 1.82) is 0 Å². The van der Waals surface area contributed by atoms with E-state index in [1.807, 2.05) is 41.1 Å². The van der Waals surface area contributed by atoms with Crippen LogP contribution in [-0.2, 0) is 20.9 Å². The van der Waals surface area contributed by atoms with E-state index in [-0.39, 0.29) is 18.8 Å². The molecule has 0 unspecified atom stereocenters. The van der Waals surface area contributed by atoms with Gasteiger partial charge in [-0.05, 0) is 37.6 Å². The lowest BCUT2D eigenvalue weighted by molar-refractivity contribution is -0.139. The van der Waals surface area contributed by atoms with Gasteiger partial charge in [0.1, 0.15) is 0 Å². The molecule has 208 valence electrons. The van der Waals surface area contributed by atoms with Gasteiger partial charge in [-0.3, -0.25) is 4.79 Å². The molecule has 2 heterocycles. The van der Waals surface area contributed by atoms with Gasteiger partial charge in [0.25, 0.3) is 5.91 Å². The van der Waals surface area contributed by atoms with Crippen molar-refractivity contribution in [2.75, 3.05) is 20.3 Å². The topological polar surface area (TPSA) is 132 Å². The average molecular weight is 546 g/mol. The third kappa shape index (κ3) is 6.15. The first-order chi connectivity index (χ1) is 19.4. The summed E-state index contributed by atoms with van der Waals surface area (Å²) >= 11 is 0. The minimum Gasteiger partial charge on any atom is -0.493 e. The number of allylic oxidation sites excluding steroid dienone is 2. The van der Waals surface area contributed by atoms with Gasteiger partial charge in [-0.15, -0.1) is 6.58 Å². The van der Waals surface area contributed by atoms with Crippen LogP contribution in [0.4, 0.5) is 4.79 Å². The number of hydrogen-bond acceptors (Lipinski definition) is 7. The van der Waals surface area contributed by atoms with E-state index in [0.29, 0.717) is 29.3 Å². The van der Waals surface area contributed by atoms with Crippen molar-refractivity contribution in [1.82, 2.24) is 20.6 Å². The number of para-hydroxylation sites is 1. The number of benzene rings is 2. The zero-order valence-electron chi connectivity index (χ0n) is 22.5. The third-order valence-electron chi connectivity index (χ3n) is 6.18. The molecule has 0 saturated carbocycles. The number of rotatable bonds is 11. The molecule has 11 nitrogen and oxygen atoms in total. The molecule has 11 heteroatoms. The van der Waals surface area contributed by atoms with Crippen molar-refractivity contribution in [3.8, 4) is 11.5 Å². The van der Waals surface area contributed by atoms with Gasteiger partial charge in [-0.1, -0.05) is 30.3 Å². The van der Waals surface area contributed by atoms with Crippen molar-refractivity contribution in [3.63, 3.8) is 0 Å². The van der Waals surface area contributed by atoms with Gasteiger partial charge in [0.05, 0.1) is 31.5 Å². The van der Waals surface area contributed by atoms with E-state index in [2.05, 4.69) is 27.7 Å². The molecule has 2 aromatic carbocycles. The number of ether oxygens (including phenoxy) is 3. The quantitative estimate of drug-likeness (QED) is 0.146. The Morgan fingerprint density at radius 2 is 2.00 bits per heavy atom. The molecule has 0 radical (unpaired) electrons. The number of aromatic nitrogens is 1. The van der Waals surface area contributed by atoms with E-state index in [4.69, 9.17) is 14.2 Å². The molecule has 3 N–H and O–H groups in total. The zero-order chi connectivity index (χ0) is 28.6. The molecule has 0 saturated heterocycles. The first kappa shape index (κ1) is 28.0. The highest BCUT2D eigenvalue weighted by molar-refractivity contribution is 5.99. The monoisotopic (exact) mass is 545 g/mol. The van der Waals surface area contributed by atoms with Crippen LogP contribution in [-0.4, -0.2) is 49.0 Å². The smallest absolute Gasteiger partial charge is 0.338 e. The Bertz CT molecular complexity index is 1510. The summed E-state index contributed by atoms with van der Waals surface area (Å²) < 4.78 is 18.3. The highest BCUT2D eigenvalue weighted by atomic mass is 16.5. The average Bonchev–Trinajstić information content (AvgIpc) is 3.29. The summed E-state index contributed by atoms with van der Waals surface area (Å²) in [6, 6.07) is 11.6. The number of nitrogens with zero attached hydrogens (tertiary/aromatic N) is 2. The van der Waals surface area contributed by atoms with Crippen molar-refractivity contribution in [2.24, 2.45) is 5.10 Å². The minimum absolute atomic E-state index is 0.192. The summed E-state index contributed by atoms with van der Waals surface area (Å²) in [5.74, 6) is -0.390. The van der Waals surface area contributed by atoms with Gasteiger partial charge in [-0.25, -0.2) is 15.0 Å². The maximum atomic E-state index is 12.6. The second-order valence-electron chi connectivity index (χ2n) is 8.83. The standard InChI is InChI=1S/C29H31N5O6/c1-5-13-34-16-20(21-9-7-8-10-22(21)34)15-30-33-25(35)17-40-23-12-11-19(14-24(23)38-4)27-26(28(36)39-6-2)18(3)31-29(37)32-27/h5,7-12,14-16,27H,1,6,13,17H2,2-4H3,(H,33,35)(H2,31,32,37)/b30-15-/t27-/m0/s1. The van der Waals surface area contributed by atoms with Crippen molar-refractivity contribution in [3.05, 3.63) is 83.7 Å². The van der Waals surface area contributed by atoms with Gasteiger partial charge < -0.3 is 29.4 Å². The Morgan fingerprint density at radius 3 is 2.75 bits per heavy atom. The van der Waals surface area contributed by atoms with E-state index in [0.717, 1.165) is 16.5 Å². The molecule has 1 aliphatic heterocycles. The van der Waals surface area contributed by atoms with E-state index in [9.17, 15) is 14.4 Å². The maximum Gasteiger partial charge on any atom is 0.338 e. The van der Waals surface area contributed by atoms with Crippen molar-refractivity contribution < 1.29 is 28.6 Å². The Hall–Kier alpha value is -5.06. The third-order valence-corrected chi connectivity index (χ3v) is 6.18. The van der Waals surface area contributed by atoms with Crippen LogP contribution >= 0.6 is 0 Å². The molecule has 40 heavy (non-hydrogen) atoms. The Balaban J connectivity index is 1.43. The molecule has 0 bridgehead atoms. The molecule has 1 atom stereocenters. The molecule has 1 aliphatic rings. The van der Waals surface area contributed by atoms with Crippen molar-refractivity contribution >= 4 is 35.0 Å². The number of esters is 1. The minimum atomic E-state index is -0.759. The largest absolute Gasteiger partial charge is 0.493 e. The number of urea groups is 1. The summed E-state index contributed by atoms with van der Waals surface area (Å²) in [7, 11) is 1.45. The maximum absolute atomic E-state index is 12.6. The normalized spacial score (nSPS) is 15.0. The number of hydrogen-bond donors (Lipinski definition) is 3. The molecule has 4 rings (SSSR count). The molecule has 0 spiro atoms.